The standard InChI is InChI=1S/C14H24N2O3/c1-3-9-16-12(5-8-15-16)13(17)14(19-4-2)6-10-18-11-7-14/h5,8,13,17H,3-4,6-7,9-11H2,1-2H3. The summed E-state index contributed by atoms with van der Waals surface area (Å²) in [6.07, 6.45) is 3.53. The lowest BCUT2D eigenvalue weighted by Gasteiger charge is -2.40. The lowest BCUT2D eigenvalue weighted by molar-refractivity contribution is -0.169. The average Bonchev–Trinajstić information content (AvgIpc) is 2.88. The first-order valence-corrected chi connectivity index (χ1v) is 7.15. The van der Waals surface area contributed by atoms with E-state index in [1.54, 1.807) is 6.20 Å². The molecule has 1 unspecified atom stereocenters. The molecule has 1 aromatic rings. The van der Waals surface area contributed by atoms with Crippen LogP contribution in [0, 0.1) is 0 Å². The fraction of sp³-hybridized carbons (Fsp3) is 0.786. The molecule has 5 nitrogen and oxygen atoms in total. The summed E-state index contributed by atoms with van der Waals surface area (Å²) in [5.41, 5.74) is 0.315. The zero-order chi connectivity index (χ0) is 13.7. The number of aryl methyl sites for hydroxylation is 1. The fourth-order valence-electron chi connectivity index (χ4n) is 2.74. The molecule has 19 heavy (non-hydrogen) atoms. The molecule has 0 amide bonds. The summed E-state index contributed by atoms with van der Waals surface area (Å²) in [6.45, 7) is 6.76. The van der Waals surface area contributed by atoms with Gasteiger partial charge in [0.25, 0.3) is 0 Å². The third kappa shape index (κ3) is 2.99. The molecule has 1 fully saturated rings. The molecule has 1 N–H and O–H groups in total. The molecule has 0 radical (unpaired) electrons. The number of nitrogens with zero attached hydrogens (tertiary/aromatic N) is 2. The Morgan fingerprint density at radius 3 is 2.84 bits per heavy atom. The third-order valence-electron chi connectivity index (χ3n) is 3.73. The van der Waals surface area contributed by atoms with Gasteiger partial charge >= 0.3 is 0 Å². The van der Waals surface area contributed by atoms with Gasteiger partial charge in [-0.2, -0.15) is 5.10 Å². The normalized spacial score (nSPS) is 20.4. The topological polar surface area (TPSA) is 56.5 Å². The molecule has 5 heteroatoms. The van der Waals surface area contributed by atoms with Gasteiger partial charge in [0.2, 0.25) is 0 Å². The summed E-state index contributed by atoms with van der Waals surface area (Å²) in [4.78, 5) is 0. The number of rotatable bonds is 6. The van der Waals surface area contributed by atoms with Gasteiger partial charge in [-0.15, -0.1) is 0 Å². The molecule has 2 heterocycles. The predicted molar refractivity (Wildman–Crippen MR) is 71.9 cm³/mol. The van der Waals surface area contributed by atoms with Crippen LogP contribution in [0.5, 0.6) is 0 Å². The maximum atomic E-state index is 10.8. The molecular weight excluding hydrogens is 244 g/mol. The smallest absolute Gasteiger partial charge is 0.125 e. The Morgan fingerprint density at radius 1 is 1.47 bits per heavy atom. The van der Waals surface area contributed by atoms with Crippen LogP contribution in [-0.4, -0.2) is 40.3 Å². The van der Waals surface area contributed by atoms with E-state index in [0.29, 0.717) is 19.8 Å². The minimum absolute atomic E-state index is 0.529. The van der Waals surface area contributed by atoms with E-state index in [0.717, 1.165) is 31.5 Å². The molecule has 1 saturated heterocycles. The molecular formula is C14H24N2O3. The van der Waals surface area contributed by atoms with Crippen molar-refractivity contribution in [3.05, 3.63) is 18.0 Å². The van der Waals surface area contributed by atoms with Crippen molar-refractivity contribution in [3.8, 4) is 0 Å². The number of ether oxygens (including phenoxy) is 2. The van der Waals surface area contributed by atoms with Crippen molar-refractivity contribution in [1.29, 1.82) is 0 Å². The highest BCUT2D eigenvalue weighted by Gasteiger charge is 2.42. The Kier molecular flexibility index (Phi) is 4.96. The van der Waals surface area contributed by atoms with Crippen molar-refractivity contribution in [2.45, 2.75) is 51.4 Å². The van der Waals surface area contributed by atoms with Crippen LogP contribution in [0.2, 0.25) is 0 Å². The maximum Gasteiger partial charge on any atom is 0.125 e. The highest BCUT2D eigenvalue weighted by atomic mass is 16.5. The Balaban J connectivity index is 2.22. The van der Waals surface area contributed by atoms with Gasteiger partial charge in [-0.1, -0.05) is 6.92 Å². The Labute approximate surface area is 114 Å². The van der Waals surface area contributed by atoms with E-state index in [1.807, 2.05) is 17.7 Å². The molecule has 1 aliphatic rings. The molecule has 0 spiro atoms. The number of aliphatic hydroxyl groups excluding tert-OH is 1. The summed E-state index contributed by atoms with van der Waals surface area (Å²) < 4.78 is 13.2. The molecule has 0 aliphatic carbocycles. The number of hydrogen-bond donors (Lipinski definition) is 1. The fourth-order valence-corrected chi connectivity index (χ4v) is 2.74. The number of aliphatic hydroxyl groups is 1. The summed E-state index contributed by atoms with van der Waals surface area (Å²) in [5.74, 6) is 0. The molecule has 108 valence electrons. The molecule has 1 aromatic heterocycles. The van der Waals surface area contributed by atoms with Crippen LogP contribution in [0.25, 0.3) is 0 Å². The van der Waals surface area contributed by atoms with E-state index in [9.17, 15) is 5.11 Å². The molecule has 1 atom stereocenters. The quantitative estimate of drug-likeness (QED) is 0.856. The van der Waals surface area contributed by atoms with Crippen molar-refractivity contribution in [2.75, 3.05) is 19.8 Å². The van der Waals surface area contributed by atoms with Crippen molar-refractivity contribution < 1.29 is 14.6 Å². The summed E-state index contributed by atoms with van der Waals surface area (Å²) in [5, 5.41) is 15.1. The Morgan fingerprint density at radius 2 is 2.21 bits per heavy atom. The van der Waals surface area contributed by atoms with Crippen LogP contribution in [-0.2, 0) is 16.0 Å². The van der Waals surface area contributed by atoms with Gasteiger partial charge in [0, 0.05) is 45.4 Å². The SMILES string of the molecule is CCCn1nccc1C(O)C1(OCC)CCOCC1. The van der Waals surface area contributed by atoms with Crippen LogP contribution in [0.3, 0.4) is 0 Å². The highest BCUT2D eigenvalue weighted by molar-refractivity contribution is 5.11. The van der Waals surface area contributed by atoms with E-state index >= 15 is 0 Å². The molecule has 0 aromatic carbocycles. The van der Waals surface area contributed by atoms with Gasteiger partial charge < -0.3 is 14.6 Å². The first kappa shape index (κ1) is 14.5. The van der Waals surface area contributed by atoms with E-state index in [2.05, 4.69) is 12.0 Å². The van der Waals surface area contributed by atoms with Crippen molar-refractivity contribution in [1.82, 2.24) is 9.78 Å². The summed E-state index contributed by atoms with van der Waals surface area (Å²) in [7, 11) is 0. The second kappa shape index (κ2) is 6.50. The van der Waals surface area contributed by atoms with Crippen molar-refractivity contribution >= 4 is 0 Å². The lowest BCUT2D eigenvalue weighted by atomic mass is 9.86. The zero-order valence-electron chi connectivity index (χ0n) is 11.8. The van der Waals surface area contributed by atoms with Gasteiger partial charge in [0.1, 0.15) is 11.7 Å². The van der Waals surface area contributed by atoms with Crippen LogP contribution in [0.4, 0.5) is 0 Å². The van der Waals surface area contributed by atoms with Crippen molar-refractivity contribution in [3.63, 3.8) is 0 Å². The van der Waals surface area contributed by atoms with Gasteiger partial charge in [0.05, 0.1) is 5.69 Å². The number of hydrogen-bond acceptors (Lipinski definition) is 4. The summed E-state index contributed by atoms with van der Waals surface area (Å²) in [6, 6.07) is 1.89. The lowest BCUT2D eigenvalue weighted by Crippen LogP contribution is -2.45. The molecule has 1 aliphatic heterocycles. The van der Waals surface area contributed by atoms with E-state index in [1.165, 1.54) is 0 Å². The molecule has 0 saturated carbocycles. The maximum absolute atomic E-state index is 10.8. The van der Waals surface area contributed by atoms with Crippen molar-refractivity contribution in [2.24, 2.45) is 0 Å². The van der Waals surface area contributed by atoms with Crippen LogP contribution >= 0.6 is 0 Å². The van der Waals surface area contributed by atoms with Crippen LogP contribution in [0.15, 0.2) is 12.3 Å². The summed E-state index contributed by atoms with van der Waals surface area (Å²) >= 11 is 0. The first-order chi connectivity index (χ1) is 9.23. The van der Waals surface area contributed by atoms with Gasteiger partial charge in [-0.3, -0.25) is 4.68 Å². The molecule has 0 bridgehead atoms. The second-order valence-corrected chi connectivity index (χ2v) is 4.99. The van der Waals surface area contributed by atoms with Gasteiger partial charge in [0.15, 0.2) is 0 Å². The largest absolute Gasteiger partial charge is 0.384 e. The van der Waals surface area contributed by atoms with E-state index < -0.39 is 11.7 Å². The minimum Gasteiger partial charge on any atom is -0.384 e. The Bertz CT molecular complexity index is 380. The predicted octanol–water partition coefficient (Wildman–Crippen LogP) is 1.91. The van der Waals surface area contributed by atoms with Crippen LogP contribution < -0.4 is 0 Å². The van der Waals surface area contributed by atoms with E-state index in [4.69, 9.17) is 9.47 Å². The Hall–Kier alpha value is -0.910. The highest BCUT2D eigenvalue weighted by Crippen LogP contribution is 2.37. The van der Waals surface area contributed by atoms with Crippen LogP contribution in [0.1, 0.15) is 44.9 Å². The van der Waals surface area contributed by atoms with Gasteiger partial charge in [-0.05, 0) is 19.4 Å². The monoisotopic (exact) mass is 268 g/mol. The first-order valence-electron chi connectivity index (χ1n) is 7.15. The van der Waals surface area contributed by atoms with E-state index in [-0.39, 0.29) is 0 Å². The van der Waals surface area contributed by atoms with Gasteiger partial charge in [-0.25, -0.2) is 0 Å². The minimum atomic E-state index is -0.648. The zero-order valence-corrected chi connectivity index (χ0v) is 11.8. The number of aromatic nitrogens is 2. The average molecular weight is 268 g/mol. The third-order valence-corrected chi connectivity index (χ3v) is 3.73. The molecule has 2 rings (SSSR count). The second-order valence-electron chi connectivity index (χ2n) is 4.99.